The van der Waals surface area contributed by atoms with E-state index in [1.807, 2.05) is 12.1 Å². The van der Waals surface area contributed by atoms with E-state index in [9.17, 15) is 9.36 Å². The zero-order chi connectivity index (χ0) is 16.2. The average Bonchev–Trinajstić information content (AvgIpc) is 2.53. The third kappa shape index (κ3) is 3.84. The zero-order valence-electron chi connectivity index (χ0n) is 11.9. The van der Waals surface area contributed by atoms with Crippen molar-refractivity contribution in [3.05, 3.63) is 57.0 Å². The molecule has 0 bridgehead atoms. The molecule has 2 rings (SSSR count). The molecular weight excluding hydrogens is 373 g/mol. The van der Waals surface area contributed by atoms with Crippen LogP contribution in [0.1, 0.15) is 11.3 Å². The van der Waals surface area contributed by atoms with Crippen LogP contribution in [-0.2, 0) is 13.6 Å². The van der Waals surface area contributed by atoms with Crippen molar-refractivity contribution in [2.75, 3.05) is 19.5 Å². The number of aromatic nitrogens is 2. The summed E-state index contributed by atoms with van der Waals surface area (Å²) in [4.78, 5) is 17.4. The van der Waals surface area contributed by atoms with Gasteiger partial charge in [0.15, 0.2) is 5.78 Å². The molecule has 0 saturated carbocycles. The molecule has 1 atom stereocenters. The molecule has 2 aromatic rings. The second-order valence-electron chi connectivity index (χ2n) is 4.29. The Kier molecular flexibility index (Phi) is 5.52. The Balaban J connectivity index is 2.43. The fourth-order valence-corrected chi connectivity index (χ4v) is 3.55. The topological polar surface area (TPSA) is 93.3 Å². The largest absolute Gasteiger partial charge is 0.356 e. The van der Waals surface area contributed by atoms with Gasteiger partial charge in [-0.1, -0.05) is 28.1 Å². The van der Waals surface area contributed by atoms with Gasteiger partial charge in [0.05, 0.1) is 0 Å². The summed E-state index contributed by atoms with van der Waals surface area (Å²) in [5, 5.41) is 2.97. The van der Waals surface area contributed by atoms with Crippen molar-refractivity contribution in [3.8, 4) is 0 Å². The molecule has 0 aliphatic rings. The summed E-state index contributed by atoms with van der Waals surface area (Å²) in [6.45, 7) is 0. The zero-order valence-corrected chi connectivity index (χ0v) is 14.4. The first-order chi connectivity index (χ1) is 10.5. The van der Waals surface area contributed by atoms with E-state index in [4.69, 9.17) is 9.05 Å². The third-order valence-electron chi connectivity index (χ3n) is 2.98. The number of nitrogens with one attached hydrogen (secondary N) is 2. The summed E-state index contributed by atoms with van der Waals surface area (Å²) in [7, 11) is -0.853. The smallest absolute Gasteiger partial charge is 0.354 e. The predicted molar refractivity (Wildman–Crippen MR) is 87.0 cm³/mol. The van der Waals surface area contributed by atoms with E-state index in [-0.39, 0.29) is 0 Å². The molecule has 1 aromatic heterocycles. The van der Waals surface area contributed by atoms with Crippen LogP contribution in [0.3, 0.4) is 0 Å². The second kappa shape index (κ2) is 7.19. The number of benzene rings is 1. The van der Waals surface area contributed by atoms with E-state index in [0.29, 0.717) is 11.4 Å². The van der Waals surface area contributed by atoms with Crippen LogP contribution >= 0.6 is 23.5 Å². The summed E-state index contributed by atoms with van der Waals surface area (Å²) < 4.78 is 23.9. The van der Waals surface area contributed by atoms with Gasteiger partial charge in [-0.05, 0) is 23.8 Å². The van der Waals surface area contributed by atoms with Gasteiger partial charge >= 0.3 is 13.3 Å². The summed E-state index contributed by atoms with van der Waals surface area (Å²) >= 11 is 3.35. The van der Waals surface area contributed by atoms with E-state index in [0.717, 1.165) is 4.47 Å². The second-order valence-corrected chi connectivity index (χ2v) is 7.53. The molecule has 1 heterocycles. The standard InChI is InChI=1S/C13H15BrN3O4P/c1-20-22(19,21-2)12(9-3-5-10(14)6-4-9)16-11-7-8-15-13(18)17-11/h3-8,12H,1-2H3,(H2,15,16,17,18). The Labute approximate surface area is 135 Å². The SMILES string of the molecule is COP(=O)(OC)C(Nc1ccnc(=O)[nH]1)c1ccc(Br)cc1. The molecule has 118 valence electrons. The van der Waals surface area contributed by atoms with Gasteiger partial charge in [0.2, 0.25) is 0 Å². The van der Waals surface area contributed by atoms with Crippen molar-refractivity contribution in [1.29, 1.82) is 0 Å². The molecule has 0 spiro atoms. The summed E-state index contributed by atoms with van der Waals surface area (Å²) in [5.41, 5.74) is 0.178. The minimum absolute atomic E-state index is 0.363. The molecule has 1 unspecified atom stereocenters. The molecule has 9 heteroatoms. The van der Waals surface area contributed by atoms with Gasteiger partial charge in [-0.25, -0.2) is 9.78 Å². The highest BCUT2D eigenvalue weighted by Crippen LogP contribution is 2.59. The Bertz CT molecular complexity index is 727. The highest BCUT2D eigenvalue weighted by Gasteiger charge is 2.35. The molecule has 7 nitrogen and oxygen atoms in total. The van der Waals surface area contributed by atoms with Crippen molar-refractivity contribution >= 4 is 29.3 Å². The fourth-order valence-electron chi connectivity index (χ4n) is 1.88. The van der Waals surface area contributed by atoms with E-state index < -0.39 is 19.1 Å². The first-order valence-corrected chi connectivity index (χ1v) is 8.67. The lowest BCUT2D eigenvalue weighted by Crippen LogP contribution is -2.18. The highest BCUT2D eigenvalue weighted by atomic mass is 79.9. The summed E-state index contributed by atoms with van der Waals surface area (Å²) in [5.74, 6) is -0.420. The first-order valence-electron chi connectivity index (χ1n) is 6.27. The molecule has 1 aromatic carbocycles. The minimum Gasteiger partial charge on any atom is -0.354 e. The van der Waals surface area contributed by atoms with E-state index in [1.54, 1.807) is 18.2 Å². The Morgan fingerprint density at radius 3 is 2.41 bits per heavy atom. The van der Waals surface area contributed by atoms with Crippen LogP contribution in [0.4, 0.5) is 5.82 Å². The van der Waals surface area contributed by atoms with Crippen LogP contribution in [0, 0.1) is 0 Å². The van der Waals surface area contributed by atoms with Gasteiger partial charge in [-0.3, -0.25) is 9.55 Å². The number of aromatic amines is 1. The van der Waals surface area contributed by atoms with Crippen LogP contribution in [0.2, 0.25) is 0 Å². The maximum atomic E-state index is 12.8. The van der Waals surface area contributed by atoms with Gasteiger partial charge in [-0.15, -0.1) is 0 Å². The number of rotatable bonds is 6. The van der Waals surface area contributed by atoms with E-state index in [2.05, 4.69) is 31.2 Å². The normalized spacial score (nSPS) is 12.9. The number of halogens is 1. The fraction of sp³-hybridized carbons (Fsp3) is 0.231. The van der Waals surface area contributed by atoms with Gasteiger partial charge in [0.25, 0.3) is 0 Å². The number of nitrogens with zero attached hydrogens (tertiary/aromatic N) is 1. The summed E-state index contributed by atoms with van der Waals surface area (Å²) in [6.07, 6.45) is 1.35. The molecule has 0 aliphatic carbocycles. The quantitative estimate of drug-likeness (QED) is 0.739. The van der Waals surface area contributed by atoms with Gasteiger partial charge in [-0.2, -0.15) is 0 Å². The van der Waals surface area contributed by atoms with Crippen molar-refractivity contribution in [1.82, 2.24) is 9.97 Å². The molecule has 0 saturated heterocycles. The molecule has 22 heavy (non-hydrogen) atoms. The van der Waals surface area contributed by atoms with Crippen LogP contribution in [-0.4, -0.2) is 24.2 Å². The number of anilines is 1. The Morgan fingerprint density at radius 2 is 1.86 bits per heavy atom. The average molecular weight is 388 g/mol. The lowest BCUT2D eigenvalue weighted by atomic mass is 10.2. The van der Waals surface area contributed by atoms with Crippen molar-refractivity contribution in [3.63, 3.8) is 0 Å². The molecule has 2 N–H and O–H groups in total. The molecule has 0 amide bonds. The molecule has 0 radical (unpaired) electrons. The Hall–Kier alpha value is -1.47. The maximum absolute atomic E-state index is 12.8. The van der Waals surface area contributed by atoms with Gasteiger partial charge < -0.3 is 14.4 Å². The van der Waals surface area contributed by atoms with Crippen LogP contribution in [0.5, 0.6) is 0 Å². The number of hydrogen-bond donors (Lipinski definition) is 2. The maximum Gasteiger partial charge on any atom is 0.356 e. The lowest BCUT2D eigenvalue weighted by molar-refractivity contribution is 0.268. The highest BCUT2D eigenvalue weighted by molar-refractivity contribution is 9.10. The molecular formula is C13H15BrN3O4P. The predicted octanol–water partition coefficient (Wildman–Crippen LogP) is 3.13. The van der Waals surface area contributed by atoms with Crippen LogP contribution in [0.15, 0.2) is 45.8 Å². The molecule has 0 fully saturated rings. The summed E-state index contributed by atoms with van der Waals surface area (Å²) in [6, 6.07) is 8.75. The molecule has 0 aliphatic heterocycles. The first kappa shape index (κ1) is 16.9. The van der Waals surface area contributed by atoms with Crippen LogP contribution in [0.25, 0.3) is 0 Å². The minimum atomic E-state index is -3.48. The van der Waals surface area contributed by atoms with Crippen molar-refractivity contribution in [2.24, 2.45) is 0 Å². The van der Waals surface area contributed by atoms with E-state index in [1.165, 1.54) is 20.4 Å². The van der Waals surface area contributed by atoms with E-state index >= 15 is 0 Å². The number of hydrogen-bond acceptors (Lipinski definition) is 6. The van der Waals surface area contributed by atoms with Crippen molar-refractivity contribution in [2.45, 2.75) is 5.78 Å². The monoisotopic (exact) mass is 387 g/mol. The van der Waals surface area contributed by atoms with Crippen LogP contribution < -0.4 is 11.0 Å². The lowest BCUT2D eigenvalue weighted by Gasteiger charge is -2.26. The van der Waals surface area contributed by atoms with Gasteiger partial charge in [0.1, 0.15) is 5.82 Å². The third-order valence-corrected chi connectivity index (χ3v) is 5.58. The number of H-pyrrole nitrogens is 1. The Morgan fingerprint density at radius 1 is 1.23 bits per heavy atom. The van der Waals surface area contributed by atoms with Gasteiger partial charge in [0, 0.05) is 24.9 Å². The van der Waals surface area contributed by atoms with Crippen molar-refractivity contribution < 1.29 is 13.6 Å².